The molecule has 124 valence electrons. The Bertz CT molecular complexity index is 744. The van der Waals surface area contributed by atoms with Gasteiger partial charge in [-0.1, -0.05) is 0 Å². The molecular formula is C15H17F3N4S. The Morgan fingerprint density at radius 3 is 3.00 bits per heavy atom. The van der Waals surface area contributed by atoms with Crippen LogP contribution in [-0.2, 0) is 6.42 Å². The van der Waals surface area contributed by atoms with E-state index in [0.29, 0.717) is 15.6 Å². The van der Waals surface area contributed by atoms with Gasteiger partial charge in [0.05, 0.1) is 17.3 Å². The Morgan fingerprint density at radius 2 is 2.26 bits per heavy atom. The molecular weight excluding hydrogens is 325 g/mol. The second-order valence-corrected chi connectivity index (χ2v) is 7.67. The number of nitrogens with one attached hydrogen (secondary N) is 1. The molecule has 2 aromatic rings. The zero-order valence-electron chi connectivity index (χ0n) is 12.7. The van der Waals surface area contributed by atoms with E-state index >= 15 is 0 Å². The van der Waals surface area contributed by atoms with Crippen LogP contribution in [0.2, 0.25) is 0 Å². The van der Waals surface area contributed by atoms with Gasteiger partial charge in [-0.25, -0.2) is 9.97 Å². The molecule has 0 spiro atoms. The summed E-state index contributed by atoms with van der Waals surface area (Å²) in [5.41, 5.74) is -0.00827. The SMILES string of the molecule is C[C@]12CNCC[C@H]1CN2c1ncnc2sc(CC(F)(F)F)cc12. The van der Waals surface area contributed by atoms with Crippen molar-refractivity contribution in [2.75, 3.05) is 24.5 Å². The van der Waals surface area contributed by atoms with Gasteiger partial charge in [0.25, 0.3) is 0 Å². The fourth-order valence-electron chi connectivity index (χ4n) is 3.71. The van der Waals surface area contributed by atoms with Crippen molar-refractivity contribution in [3.05, 3.63) is 17.3 Å². The van der Waals surface area contributed by atoms with Crippen LogP contribution in [0.25, 0.3) is 10.2 Å². The number of hydrogen-bond donors (Lipinski definition) is 1. The van der Waals surface area contributed by atoms with Gasteiger partial charge >= 0.3 is 6.18 Å². The normalized spacial score (nSPS) is 27.8. The van der Waals surface area contributed by atoms with E-state index in [4.69, 9.17) is 0 Å². The summed E-state index contributed by atoms with van der Waals surface area (Å²) in [5.74, 6) is 1.38. The third-order valence-electron chi connectivity index (χ3n) is 5.04. The second kappa shape index (κ2) is 5.04. The first kappa shape index (κ1) is 15.1. The van der Waals surface area contributed by atoms with E-state index in [1.807, 2.05) is 0 Å². The maximum Gasteiger partial charge on any atom is 0.393 e. The highest BCUT2D eigenvalue weighted by molar-refractivity contribution is 7.18. The van der Waals surface area contributed by atoms with E-state index in [0.717, 1.165) is 48.6 Å². The van der Waals surface area contributed by atoms with Crippen molar-refractivity contribution in [2.45, 2.75) is 31.5 Å². The van der Waals surface area contributed by atoms with E-state index in [-0.39, 0.29) is 5.54 Å². The number of anilines is 1. The minimum absolute atomic E-state index is 0.00827. The van der Waals surface area contributed by atoms with Gasteiger partial charge in [-0.05, 0) is 26.0 Å². The van der Waals surface area contributed by atoms with Gasteiger partial charge in [-0.2, -0.15) is 13.2 Å². The monoisotopic (exact) mass is 342 g/mol. The lowest BCUT2D eigenvalue weighted by Crippen LogP contribution is -2.72. The minimum atomic E-state index is -4.20. The average Bonchev–Trinajstić information content (AvgIpc) is 2.84. The molecule has 4 heterocycles. The van der Waals surface area contributed by atoms with Gasteiger partial charge in [-0.3, -0.25) is 0 Å². The highest BCUT2D eigenvalue weighted by Crippen LogP contribution is 2.45. The van der Waals surface area contributed by atoms with Crippen LogP contribution in [0.15, 0.2) is 12.4 Å². The third kappa shape index (κ3) is 2.48. The van der Waals surface area contributed by atoms with Gasteiger partial charge in [0.2, 0.25) is 0 Å². The van der Waals surface area contributed by atoms with Crippen LogP contribution < -0.4 is 10.2 Å². The molecule has 2 aliphatic heterocycles. The van der Waals surface area contributed by atoms with Crippen LogP contribution in [0.3, 0.4) is 0 Å². The van der Waals surface area contributed by atoms with Gasteiger partial charge < -0.3 is 10.2 Å². The van der Waals surface area contributed by atoms with Crippen molar-refractivity contribution in [2.24, 2.45) is 5.92 Å². The first-order valence-corrected chi connectivity index (χ1v) is 8.47. The van der Waals surface area contributed by atoms with Crippen LogP contribution in [0.4, 0.5) is 19.0 Å². The molecule has 2 atom stereocenters. The molecule has 8 heteroatoms. The van der Waals surface area contributed by atoms with Crippen LogP contribution in [0.5, 0.6) is 0 Å². The van der Waals surface area contributed by atoms with E-state index in [2.05, 4.69) is 27.1 Å². The molecule has 1 N–H and O–H groups in total. The largest absolute Gasteiger partial charge is 0.393 e. The Hall–Kier alpha value is -1.41. The van der Waals surface area contributed by atoms with Gasteiger partial charge in [0.15, 0.2) is 0 Å². The minimum Gasteiger partial charge on any atom is -0.349 e. The number of halogens is 3. The Kier molecular flexibility index (Phi) is 3.32. The fourth-order valence-corrected chi connectivity index (χ4v) is 4.74. The highest BCUT2D eigenvalue weighted by Gasteiger charge is 2.51. The van der Waals surface area contributed by atoms with Crippen LogP contribution >= 0.6 is 11.3 Å². The molecule has 2 saturated heterocycles. The van der Waals surface area contributed by atoms with E-state index in [1.165, 1.54) is 6.33 Å². The number of nitrogens with zero attached hydrogens (tertiary/aromatic N) is 3. The Labute approximate surface area is 135 Å². The summed E-state index contributed by atoms with van der Waals surface area (Å²) in [7, 11) is 0. The summed E-state index contributed by atoms with van der Waals surface area (Å²) in [6, 6.07) is 1.61. The molecule has 4 rings (SSSR count). The number of aromatic nitrogens is 2. The van der Waals surface area contributed by atoms with Crippen molar-refractivity contribution >= 4 is 27.4 Å². The number of hydrogen-bond acceptors (Lipinski definition) is 5. The highest BCUT2D eigenvalue weighted by atomic mass is 32.1. The molecule has 0 radical (unpaired) electrons. The van der Waals surface area contributed by atoms with Gasteiger partial charge in [0, 0.05) is 23.9 Å². The quantitative estimate of drug-likeness (QED) is 0.911. The molecule has 23 heavy (non-hydrogen) atoms. The number of thiophene rings is 1. The molecule has 2 aromatic heterocycles. The van der Waals surface area contributed by atoms with E-state index < -0.39 is 12.6 Å². The standard InChI is InChI=1S/C15H17F3N4S/c1-14-7-19-3-2-9(14)6-22(14)12-11-4-10(5-15(16,17)18)23-13(11)21-8-20-12/h4,8-9,19H,2-3,5-7H2,1H3/t9-,14-/m0/s1. The lowest BCUT2D eigenvalue weighted by Gasteiger charge is -2.60. The first-order valence-electron chi connectivity index (χ1n) is 7.65. The number of piperidine rings is 1. The van der Waals surface area contributed by atoms with Crippen molar-refractivity contribution in [3.8, 4) is 0 Å². The molecule has 0 saturated carbocycles. The Morgan fingerprint density at radius 1 is 1.43 bits per heavy atom. The summed E-state index contributed by atoms with van der Waals surface area (Å²) < 4.78 is 37.9. The van der Waals surface area contributed by atoms with Crippen molar-refractivity contribution < 1.29 is 13.2 Å². The lowest BCUT2D eigenvalue weighted by molar-refractivity contribution is -0.126. The number of fused-ring (bicyclic) bond motifs is 2. The van der Waals surface area contributed by atoms with Gasteiger partial charge in [0.1, 0.15) is 17.0 Å². The van der Waals surface area contributed by atoms with Crippen LogP contribution in [0, 0.1) is 5.92 Å². The molecule has 2 fully saturated rings. The number of alkyl halides is 3. The van der Waals surface area contributed by atoms with E-state index in [1.54, 1.807) is 6.07 Å². The molecule has 0 aromatic carbocycles. The zero-order chi connectivity index (χ0) is 16.2. The maximum absolute atomic E-state index is 12.6. The summed E-state index contributed by atoms with van der Waals surface area (Å²) >= 11 is 1.11. The second-order valence-electron chi connectivity index (χ2n) is 6.55. The third-order valence-corrected chi connectivity index (χ3v) is 6.08. The molecule has 0 unspecified atom stereocenters. The molecule has 0 amide bonds. The first-order chi connectivity index (χ1) is 10.9. The Balaban J connectivity index is 1.70. The van der Waals surface area contributed by atoms with Crippen LogP contribution in [-0.4, -0.2) is 41.3 Å². The summed E-state index contributed by atoms with van der Waals surface area (Å²) in [6.07, 6.45) is -2.52. The molecule has 0 bridgehead atoms. The van der Waals surface area contributed by atoms with Crippen LogP contribution in [0.1, 0.15) is 18.2 Å². The van der Waals surface area contributed by atoms with E-state index in [9.17, 15) is 13.2 Å². The predicted molar refractivity (Wildman–Crippen MR) is 83.9 cm³/mol. The van der Waals surface area contributed by atoms with Crippen molar-refractivity contribution in [3.63, 3.8) is 0 Å². The summed E-state index contributed by atoms with van der Waals surface area (Å²) in [5, 5.41) is 4.15. The number of rotatable bonds is 2. The predicted octanol–water partition coefficient (Wildman–Crippen LogP) is 2.98. The van der Waals surface area contributed by atoms with Crippen molar-refractivity contribution in [1.29, 1.82) is 0 Å². The van der Waals surface area contributed by atoms with Gasteiger partial charge in [-0.15, -0.1) is 11.3 Å². The summed E-state index contributed by atoms with van der Waals surface area (Å²) in [4.78, 5) is 11.7. The van der Waals surface area contributed by atoms with Crippen molar-refractivity contribution in [1.82, 2.24) is 15.3 Å². The molecule has 2 aliphatic rings. The molecule has 0 aliphatic carbocycles. The lowest BCUT2D eigenvalue weighted by atomic mass is 9.71. The maximum atomic E-state index is 12.6. The topological polar surface area (TPSA) is 41.0 Å². The summed E-state index contributed by atoms with van der Waals surface area (Å²) in [6.45, 7) is 5.02. The zero-order valence-corrected chi connectivity index (χ0v) is 13.5. The molecule has 4 nitrogen and oxygen atoms in total. The smallest absolute Gasteiger partial charge is 0.349 e. The average molecular weight is 342 g/mol. The fraction of sp³-hybridized carbons (Fsp3) is 0.600.